The number of rotatable bonds is 4. The lowest BCUT2D eigenvalue weighted by molar-refractivity contribution is -0.128. The van der Waals surface area contributed by atoms with E-state index in [1.165, 1.54) is 5.56 Å². The number of amides is 1. The minimum absolute atomic E-state index is 0.162. The summed E-state index contributed by atoms with van der Waals surface area (Å²) < 4.78 is 0. The third kappa shape index (κ3) is 3.78. The summed E-state index contributed by atoms with van der Waals surface area (Å²) in [6.45, 7) is 6.62. The largest absolute Gasteiger partial charge is 0.336 e. The average molecular weight is 350 g/mol. The molecule has 0 unspecified atom stereocenters. The number of hydrogen-bond acceptors (Lipinski definition) is 4. The Morgan fingerprint density at radius 2 is 1.85 bits per heavy atom. The van der Waals surface area contributed by atoms with Crippen molar-refractivity contribution in [3.63, 3.8) is 0 Å². The zero-order chi connectivity index (χ0) is 18.0. The summed E-state index contributed by atoms with van der Waals surface area (Å²) in [6.07, 6.45) is 6.60. The van der Waals surface area contributed by atoms with Gasteiger partial charge in [-0.25, -0.2) is 0 Å². The fourth-order valence-corrected chi connectivity index (χ4v) is 4.28. The number of pyridine rings is 2. The number of hydrogen-bond donors (Lipinski definition) is 0. The third-order valence-electron chi connectivity index (χ3n) is 5.78. The number of carbonyl (C=O) groups is 1. The Bertz CT molecular complexity index is 769. The molecule has 26 heavy (non-hydrogen) atoms. The Morgan fingerprint density at radius 1 is 1.08 bits per heavy atom. The molecule has 4 heterocycles. The first-order valence-electron chi connectivity index (χ1n) is 9.44. The van der Waals surface area contributed by atoms with Crippen molar-refractivity contribution >= 4 is 5.91 Å². The maximum atomic E-state index is 12.6. The van der Waals surface area contributed by atoms with Gasteiger partial charge in [0.05, 0.1) is 12.2 Å². The van der Waals surface area contributed by atoms with Crippen LogP contribution in [0.2, 0.25) is 0 Å². The van der Waals surface area contributed by atoms with Gasteiger partial charge >= 0.3 is 0 Å². The second-order valence-electron chi connectivity index (χ2n) is 7.83. The molecule has 2 aliphatic heterocycles. The van der Waals surface area contributed by atoms with E-state index in [0.717, 1.165) is 50.4 Å². The van der Waals surface area contributed by atoms with Gasteiger partial charge in [-0.1, -0.05) is 6.07 Å². The minimum Gasteiger partial charge on any atom is -0.336 e. The number of aryl methyl sites for hydroxylation is 1. The van der Waals surface area contributed by atoms with E-state index in [2.05, 4.69) is 27.0 Å². The highest BCUT2D eigenvalue weighted by Gasteiger charge is 2.44. The van der Waals surface area contributed by atoms with Crippen LogP contribution in [0.25, 0.3) is 0 Å². The van der Waals surface area contributed by atoms with Crippen molar-refractivity contribution in [1.82, 2.24) is 19.8 Å². The van der Waals surface area contributed by atoms with Crippen LogP contribution >= 0.6 is 0 Å². The van der Waals surface area contributed by atoms with Crippen molar-refractivity contribution in [3.05, 3.63) is 59.7 Å². The molecule has 0 atom stereocenters. The number of aromatic nitrogens is 2. The van der Waals surface area contributed by atoms with Crippen LogP contribution in [0.5, 0.6) is 0 Å². The maximum absolute atomic E-state index is 12.6. The van der Waals surface area contributed by atoms with Crippen LogP contribution in [-0.2, 0) is 17.9 Å². The van der Waals surface area contributed by atoms with Gasteiger partial charge in [-0.2, -0.15) is 0 Å². The highest BCUT2D eigenvalue weighted by Crippen LogP contribution is 2.41. The summed E-state index contributed by atoms with van der Waals surface area (Å²) in [4.78, 5) is 25.7. The Kier molecular flexibility index (Phi) is 4.72. The first-order chi connectivity index (χ1) is 12.6. The highest BCUT2D eigenvalue weighted by atomic mass is 16.2. The van der Waals surface area contributed by atoms with E-state index in [4.69, 9.17) is 0 Å². The molecule has 5 heteroatoms. The maximum Gasteiger partial charge on any atom is 0.223 e. The molecule has 2 aliphatic rings. The molecule has 5 nitrogen and oxygen atoms in total. The summed E-state index contributed by atoms with van der Waals surface area (Å²) in [6, 6.07) is 10.2. The number of piperidine rings is 1. The highest BCUT2D eigenvalue weighted by molar-refractivity contribution is 5.79. The number of nitrogens with zero attached hydrogens (tertiary/aromatic N) is 4. The Labute approximate surface area is 155 Å². The summed E-state index contributed by atoms with van der Waals surface area (Å²) in [5, 5.41) is 0. The van der Waals surface area contributed by atoms with Crippen LogP contribution in [0.1, 0.15) is 36.2 Å². The van der Waals surface area contributed by atoms with E-state index in [-0.39, 0.29) is 11.3 Å². The van der Waals surface area contributed by atoms with Crippen molar-refractivity contribution in [2.24, 2.45) is 5.41 Å². The monoisotopic (exact) mass is 350 g/mol. The molecule has 136 valence electrons. The molecule has 0 bridgehead atoms. The zero-order valence-corrected chi connectivity index (χ0v) is 15.4. The molecule has 2 aromatic heterocycles. The van der Waals surface area contributed by atoms with Gasteiger partial charge in [0, 0.05) is 37.6 Å². The van der Waals surface area contributed by atoms with Gasteiger partial charge in [0.15, 0.2) is 0 Å². The van der Waals surface area contributed by atoms with Crippen LogP contribution < -0.4 is 0 Å². The molecule has 2 saturated heterocycles. The normalized spacial score (nSPS) is 20.0. The lowest BCUT2D eigenvalue weighted by Crippen LogP contribution is -2.41. The van der Waals surface area contributed by atoms with Gasteiger partial charge in [0.25, 0.3) is 0 Å². The topological polar surface area (TPSA) is 49.3 Å². The number of likely N-dealkylation sites (tertiary alicyclic amines) is 2. The van der Waals surface area contributed by atoms with E-state index in [1.807, 2.05) is 42.4 Å². The van der Waals surface area contributed by atoms with Crippen LogP contribution in [0.4, 0.5) is 0 Å². The Hall–Kier alpha value is -2.27. The van der Waals surface area contributed by atoms with Gasteiger partial charge in [-0.05, 0) is 68.1 Å². The minimum atomic E-state index is 0.162. The van der Waals surface area contributed by atoms with Gasteiger partial charge in [-0.15, -0.1) is 0 Å². The van der Waals surface area contributed by atoms with Gasteiger partial charge in [0.2, 0.25) is 5.91 Å². The SMILES string of the molecule is Cc1cccc(CN2CC3(CCN(Cc4ccncc4)CC3)CC2=O)n1. The molecule has 0 aliphatic carbocycles. The van der Waals surface area contributed by atoms with Gasteiger partial charge < -0.3 is 4.90 Å². The second-order valence-corrected chi connectivity index (χ2v) is 7.83. The van der Waals surface area contributed by atoms with E-state index >= 15 is 0 Å². The fourth-order valence-electron chi connectivity index (χ4n) is 4.28. The molecular formula is C21H26N4O. The van der Waals surface area contributed by atoms with Crippen molar-refractivity contribution in [1.29, 1.82) is 0 Å². The fraction of sp³-hybridized carbons (Fsp3) is 0.476. The lowest BCUT2D eigenvalue weighted by atomic mass is 9.77. The predicted molar refractivity (Wildman–Crippen MR) is 100 cm³/mol. The molecular weight excluding hydrogens is 324 g/mol. The molecule has 1 amide bonds. The molecule has 2 fully saturated rings. The summed E-state index contributed by atoms with van der Waals surface area (Å²) in [5.41, 5.74) is 3.47. The van der Waals surface area contributed by atoms with Crippen molar-refractivity contribution in [3.8, 4) is 0 Å². The van der Waals surface area contributed by atoms with E-state index in [9.17, 15) is 4.79 Å². The molecule has 2 aromatic rings. The van der Waals surface area contributed by atoms with Gasteiger partial charge in [-0.3, -0.25) is 19.7 Å². The van der Waals surface area contributed by atoms with Crippen molar-refractivity contribution < 1.29 is 4.79 Å². The summed E-state index contributed by atoms with van der Waals surface area (Å²) in [7, 11) is 0. The molecule has 0 N–H and O–H groups in total. The Balaban J connectivity index is 1.35. The van der Waals surface area contributed by atoms with Crippen LogP contribution in [0.15, 0.2) is 42.7 Å². The Morgan fingerprint density at radius 3 is 2.58 bits per heavy atom. The van der Waals surface area contributed by atoms with E-state index in [0.29, 0.717) is 13.0 Å². The standard InChI is InChI=1S/C21H26N4O/c1-17-3-2-4-19(23-17)15-25-16-21(13-20(25)26)7-11-24(12-8-21)14-18-5-9-22-10-6-18/h2-6,9-10H,7-8,11-16H2,1H3. The first kappa shape index (κ1) is 17.2. The summed E-state index contributed by atoms with van der Waals surface area (Å²) >= 11 is 0. The van der Waals surface area contributed by atoms with Gasteiger partial charge in [0.1, 0.15) is 0 Å². The molecule has 1 spiro atoms. The molecule has 0 aromatic carbocycles. The average Bonchev–Trinajstić information content (AvgIpc) is 2.93. The lowest BCUT2D eigenvalue weighted by Gasteiger charge is -2.38. The van der Waals surface area contributed by atoms with E-state index in [1.54, 1.807) is 0 Å². The second kappa shape index (κ2) is 7.16. The van der Waals surface area contributed by atoms with Crippen molar-refractivity contribution in [2.75, 3.05) is 19.6 Å². The molecule has 0 saturated carbocycles. The number of carbonyl (C=O) groups excluding carboxylic acids is 1. The van der Waals surface area contributed by atoms with Crippen LogP contribution in [-0.4, -0.2) is 45.3 Å². The molecule has 4 rings (SSSR count). The van der Waals surface area contributed by atoms with E-state index < -0.39 is 0 Å². The smallest absolute Gasteiger partial charge is 0.223 e. The first-order valence-corrected chi connectivity index (χ1v) is 9.44. The molecule has 0 radical (unpaired) electrons. The predicted octanol–water partition coefficient (Wildman–Crippen LogP) is 2.80. The third-order valence-corrected chi connectivity index (χ3v) is 5.78. The van der Waals surface area contributed by atoms with Crippen LogP contribution in [0, 0.1) is 12.3 Å². The quantitative estimate of drug-likeness (QED) is 0.851. The summed E-state index contributed by atoms with van der Waals surface area (Å²) in [5.74, 6) is 0.288. The van der Waals surface area contributed by atoms with Crippen molar-refractivity contribution in [2.45, 2.75) is 39.3 Å². The zero-order valence-electron chi connectivity index (χ0n) is 15.4. The van der Waals surface area contributed by atoms with Crippen LogP contribution in [0.3, 0.4) is 0 Å².